The van der Waals surface area contributed by atoms with Crippen LogP contribution in [0, 0.1) is 0 Å². The minimum atomic E-state index is -4.28. The van der Waals surface area contributed by atoms with Crippen LogP contribution >= 0.6 is 0 Å². The molecule has 1 aliphatic heterocycles. The van der Waals surface area contributed by atoms with Gasteiger partial charge in [0.2, 0.25) is 0 Å². The van der Waals surface area contributed by atoms with E-state index < -0.39 is 6.30 Å². The maximum absolute atomic E-state index is 11.0. The summed E-state index contributed by atoms with van der Waals surface area (Å²) < 4.78 is 33.1. The molecule has 1 rings (SSSR count). The topological polar surface area (TPSA) is 15.5 Å². The van der Waals surface area contributed by atoms with Crippen LogP contribution < -0.4 is 0 Å². The van der Waals surface area contributed by atoms with Crippen LogP contribution in [0.1, 0.15) is 0 Å². The summed E-state index contributed by atoms with van der Waals surface area (Å²) in [5.41, 5.74) is 0. The van der Waals surface area contributed by atoms with E-state index in [9.17, 15) is 13.2 Å². The molecule has 7 heavy (non-hydrogen) atoms. The van der Waals surface area contributed by atoms with Gasteiger partial charge in [-0.2, -0.15) is 13.2 Å². The largest absolute Gasteiger partial charge is 0.485 e. The standard InChI is InChI=1S/C2H2F3NO/c3-2(4,5)6-1-7-6/h1H2. The van der Waals surface area contributed by atoms with Gasteiger partial charge in [0.25, 0.3) is 0 Å². The summed E-state index contributed by atoms with van der Waals surface area (Å²) in [6, 6.07) is 0. The molecule has 1 aliphatic rings. The third kappa shape index (κ3) is 1.04. The van der Waals surface area contributed by atoms with Crippen LogP contribution in [0.5, 0.6) is 0 Å². The number of hydrogen-bond donors (Lipinski definition) is 0. The van der Waals surface area contributed by atoms with Gasteiger partial charge in [0.1, 0.15) is 0 Å². The van der Waals surface area contributed by atoms with Gasteiger partial charge in [-0.1, -0.05) is 5.06 Å². The van der Waals surface area contributed by atoms with Crippen molar-refractivity contribution in [1.29, 1.82) is 0 Å². The van der Waals surface area contributed by atoms with Crippen molar-refractivity contribution in [2.45, 2.75) is 6.30 Å². The van der Waals surface area contributed by atoms with Crippen LogP contribution in [0.15, 0.2) is 0 Å². The summed E-state index contributed by atoms with van der Waals surface area (Å²) in [7, 11) is 0. The normalized spacial score (nSPS) is 30.4. The number of hydrogen-bond acceptors (Lipinski definition) is 2. The van der Waals surface area contributed by atoms with E-state index in [1.165, 1.54) is 0 Å². The summed E-state index contributed by atoms with van der Waals surface area (Å²) in [6.07, 6.45) is -4.28. The van der Waals surface area contributed by atoms with Crippen molar-refractivity contribution in [2.24, 2.45) is 0 Å². The lowest BCUT2D eigenvalue weighted by atomic mass is 11.1. The fraction of sp³-hybridized carbons (Fsp3) is 1.00. The fourth-order valence-corrected chi connectivity index (χ4v) is 0.175. The zero-order chi connectivity index (χ0) is 5.49. The van der Waals surface area contributed by atoms with Gasteiger partial charge in [-0.25, -0.2) is 0 Å². The summed E-state index contributed by atoms with van der Waals surface area (Å²) in [4.78, 5) is 3.78. The summed E-state index contributed by atoms with van der Waals surface area (Å²) in [6.45, 7) is -0.316. The molecular formula is C2H2F3NO. The van der Waals surface area contributed by atoms with E-state index in [1.807, 2.05) is 0 Å². The molecule has 2 nitrogen and oxygen atoms in total. The van der Waals surface area contributed by atoms with E-state index in [-0.39, 0.29) is 11.8 Å². The number of nitrogens with zero attached hydrogens (tertiary/aromatic N) is 1. The Balaban J connectivity index is 2.36. The second-order valence-corrected chi connectivity index (χ2v) is 1.10. The minimum Gasteiger partial charge on any atom is -0.271 e. The van der Waals surface area contributed by atoms with Crippen LogP contribution in [-0.4, -0.2) is 18.1 Å². The first-order valence-corrected chi connectivity index (χ1v) is 1.58. The molecule has 0 aromatic heterocycles. The maximum Gasteiger partial charge on any atom is 0.485 e. The van der Waals surface area contributed by atoms with Crippen molar-refractivity contribution < 1.29 is 18.0 Å². The molecule has 0 amide bonds. The highest BCUT2D eigenvalue weighted by atomic mass is 19.4. The van der Waals surface area contributed by atoms with E-state index >= 15 is 0 Å². The van der Waals surface area contributed by atoms with Crippen LogP contribution in [0.4, 0.5) is 13.2 Å². The number of halogens is 3. The first-order chi connectivity index (χ1) is 3.11. The monoisotopic (exact) mass is 113 g/mol. The molecule has 0 bridgehead atoms. The zero-order valence-electron chi connectivity index (χ0n) is 3.20. The highest BCUT2D eigenvalue weighted by Gasteiger charge is 2.47. The Morgan fingerprint density at radius 2 is 1.86 bits per heavy atom. The van der Waals surface area contributed by atoms with Gasteiger partial charge in [0.15, 0.2) is 6.73 Å². The molecular weight excluding hydrogens is 111 g/mol. The average molecular weight is 113 g/mol. The third-order valence-electron chi connectivity index (χ3n) is 0.541. The van der Waals surface area contributed by atoms with Gasteiger partial charge in [0.05, 0.1) is 0 Å². The van der Waals surface area contributed by atoms with Gasteiger partial charge in [-0.3, -0.25) is 4.84 Å². The Morgan fingerprint density at radius 3 is 1.86 bits per heavy atom. The summed E-state index contributed by atoms with van der Waals surface area (Å²) in [5.74, 6) is 0. The Kier molecular flexibility index (Phi) is 0.767. The quantitative estimate of drug-likeness (QED) is 0.339. The molecule has 0 saturated carbocycles. The number of alkyl halides is 3. The Morgan fingerprint density at radius 1 is 1.43 bits per heavy atom. The van der Waals surface area contributed by atoms with Gasteiger partial charge in [-0.05, 0) is 0 Å². The highest BCUT2D eigenvalue weighted by molar-refractivity contribution is 4.48. The molecule has 1 unspecified atom stereocenters. The summed E-state index contributed by atoms with van der Waals surface area (Å²) in [5, 5.41) is -0.0625. The lowest BCUT2D eigenvalue weighted by Crippen LogP contribution is -2.18. The predicted octanol–water partition coefficient (Wildman–Crippen LogP) is 0.711. The van der Waals surface area contributed by atoms with Gasteiger partial charge < -0.3 is 0 Å². The molecule has 42 valence electrons. The molecule has 0 aromatic carbocycles. The molecule has 1 saturated heterocycles. The molecule has 1 heterocycles. The second kappa shape index (κ2) is 1.10. The van der Waals surface area contributed by atoms with E-state index in [2.05, 4.69) is 4.84 Å². The Labute approximate surface area is 37.4 Å². The van der Waals surface area contributed by atoms with Crippen LogP contribution in [-0.2, 0) is 4.84 Å². The van der Waals surface area contributed by atoms with Crippen molar-refractivity contribution in [3.63, 3.8) is 0 Å². The van der Waals surface area contributed by atoms with Crippen LogP contribution in [0.3, 0.4) is 0 Å². The van der Waals surface area contributed by atoms with Gasteiger partial charge >= 0.3 is 6.30 Å². The van der Waals surface area contributed by atoms with E-state index in [1.54, 1.807) is 0 Å². The molecule has 0 spiro atoms. The van der Waals surface area contributed by atoms with Gasteiger partial charge in [-0.15, -0.1) is 0 Å². The average Bonchev–Trinajstić information content (AvgIpc) is 1.99. The van der Waals surface area contributed by atoms with Crippen LogP contribution in [0.25, 0.3) is 0 Å². The lowest BCUT2D eigenvalue weighted by molar-refractivity contribution is -0.246. The first kappa shape index (κ1) is 4.86. The van der Waals surface area contributed by atoms with Crippen molar-refractivity contribution in [2.75, 3.05) is 6.73 Å². The molecule has 0 aliphatic carbocycles. The Bertz CT molecular complexity index is 75.5. The molecule has 0 aromatic rings. The number of rotatable bonds is 0. The van der Waals surface area contributed by atoms with E-state index in [4.69, 9.17) is 0 Å². The van der Waals surface area contributed by atoms with E-state index in [0.717, 1.165) is 0 Å². The SMILES string of the molecule is FC(F)(F)N1CO1. The third-order valence-corrected chi connectivity index (χ3v) is 0.541. The van der Waals surface area contributed by atoms with Crippen molar-refractivity contribution in [1.82, 2.24) is 5.06 Å². The summed E-state index contributed by atoms with van der Waals surface area (Å²) >= 11 is 0. The van der Waals surface area contributed by atoms with Crippen LogP contribution in [0.2, 0.25) is 0 Å². The Hall–Kier alpha value is -0.290. The van der Waals surface area contributed by atoms with Crippen molar-refractivity contribution in [3.05, 3.63) is 0 Å². The lowest BCUT2D eigenvalue weighted by Gasteiger charge is -1.98. The van der Waals surface area contributed by atoms with E-state index in [0.29, 0.717) is 0 Å². The molecule has 5 heteroatoms. The number of hydroxylamine groups is 2. The predicted molar refractivity (Wildman–Crippen MR) is 13.8 cm³/mol. The molecule has 1 atom stereocenters. The molecule has 1 fully saturated rings. The molecule has 0 radical (unpaired) electrons. The van der Waals surface area contributed by atoms with Crippen molar-refractivity contribution in [3.8, 4) is 0 Å². The minimum absolute atomic E-state index is 0.0625. The van der Waals surface area contributed by atoms with Crippen molar-refractivity contribution >= 4 is 0 Å². The second-order valence-electron chi connectivity index (χ2n) is 1.10. The fourth-order valence-electron chi connectivity index (χ4n) is 0.175. The first-order valence-electron chi connectivity index (χ1n) is 1.58. The maximum atomic E-state index is 11.0. The highest BCUT2D eigenvalue weighted by Crippen LogP contribution is 2.27. The smallest absolute Gasteiger partial charge is 0.271 e. The zero-order valence-corrected chi connectivity index (χ0v) is 3.20. The van der Waals surface area contributed by atoms with Gasteiger partial charge in [0, 0.05) is 0 Å². The molecule has 0 N–H and O–H groups in total.